The fraction of sp³-hybridized carbons (Fsp3) is 0.583. The van der Waals surface area contributed by atoms with Crippen molar-refractivity contribution in [1.29, 1.82) is 0 Å². The smallest absolute Gasteiger partial charge is 0.329 e. The number of ketones is 1. The van der Waals surface area contributed by atoms with Gasteiger partial charge < -0.3 is 20.5 Å². The summed E-state index contributed by atoms with van der Waals surface area (Å²) in [5.41, 5.74) is 0. The van der Waals surface area contributed by atoms with E-state index < -0.39 is 42.8 Å². The number of carboxylic acids is 1. The first kappa shape index (κ1) is 18.6. The van der Waals surface area contributed by atoms with Crippen LogP contribution >= 0.6 is 0 Å². The molecule has 0 aromatic heterocycles. The molecule has 0 saturated heterocycles. The van der Waals surface area contributed by atoms with E-state index in [1.165, 1.54) is 0 Å². The number of carboxylic acid groups (broad SMARTS) is 1. The minimum absolute atomic E-state index is 0.0519. The largest absolute Gasteiger partial charge is 0.480 e. The third-order valence-corrected chi connectivity index (χ3v) is 2.38. The molecule has 0 aliphatic carbocycles. The Kier molecular flexibility index (Phi) is 9.14. The highest BCUT2D eigenvalue weighted by molar-refractivity contribution is 6.36. The topological polar surface area (TPSA) is 139 Å². The molecule has 0 spiro atoms. The molecule has 0 heterocycles. The SMILES string of the molecule is CCCCC(=O)C(=O)NCC(=O)NC(COC=O)C(=O)O. The molecule has 2 amide bonds. The second kappa shape index (κ2) is 10.4. The van der Waals surface area contributed by atoms with E-state index in [0.29, 0.717) is 6.42 Å². The number of amides is 2. The van der Waals surface area contributed by atoms with Crippen molar-refractivity contribution < 1.29 is 33.8 Å². The van der Waals surface area contributed by atoms with E-state index in [1.807, 2.05) is 12.2 Å². The summed E-state index contributed by atoms with van der Waals surface area (Å²) in [6, 6.07) is -1.42. The lowest BCUT2D eigenvalue weighted by atomic mass is 10.2. The molecule has 0 aromatic rings. The number of unbranched alkanes of at least 4 members (excludes halogenated alkanes) is 1. The van der Waals surface area contributed by atoms with Crippen molar-refractivity contribution in [3.05, 3.63) is 0 Å². The van der Waals surface area contributed by atoms with Crippen LogP contribution in [-0.2, 0) is 28.7 Å². The molecule has 0 aliphatic heterocycles. The van der Waals surface area contributed by atoms with E-state index in [4.69, 9.17) is 5.11 Å². The number of hydrogen-bond donors (Lipinski definition) is 3. The number of aliphatic carboxylic acids is 1. The monoisotopic (exact) mass is 302 g/mol. The summed E-state index contributed by atoms with van der Waals surface area (Å²) in [5, 5.41) is 12.9. The third-order valence-electron chi connectivity index (χ3n) is 2.38. The van der Waals surface area contributed by atoms with Gasteiger partial charge in [-0.2, -0.15) is 0 Å². The normalized spacial score (nSPS) is 11.1. The van der Waals surface area contributed by atoms with Crippen molar-refractivity contribution in [2.24, 2.45) is 0 Å². The van der Waals surface area contributed by atoms with Crippen LogP contribution in [0.5, 0.6) is 0 Å². The Morgan fingerprint density at radius 2 is 1.95 bits per heavy atom. The maximum absolute atomic E-state index is 11.4. The number of Topliss-reactive ketones (excluding diaryl/α,β-unsaturated/α-hetero) is 1. The van der Waals surface area contributed by atoms with Gasteiger partial charge in [-0.05, 0) is 6.42 Å². The molecular formula is C12H18N2O7. The van der Waals surface area contributed by atoms with Crippen molar-refractivity contribution in [2.75, 3.05) is 13.2 Å². The van der Waals surface area contributed by atoms with Crippen molar-refractivity contribution >= 4 is 30.0 Å². The number of hydrogen-bond acceptors (Lipinski definition) is 6. The number of rotatable bonds is 11. The molecule has 0 saturated carbocycles. The summed E-state index contributed by atoms with van der Waals surface area (Å²) in [6.07, 6.45) is 1.42. The minimum Gasteiger partial charge on any atom is -0.480 e. The number of carbonyl (C=O) groups is 5. The van der Waals surface area contributed by atoms with Crippen LogP contribution in [0.25, 0.3) is 0 Å². The number of nitrogens with one attached hydrogen (secondary N) is 2. The molecule has 0 aliphatic rings. The minimum atomic E-state index is -1.42. The first-order valence-electron chi connectivity index (χ1n) is 6.30. The molecule has 9 nitrogen and oxygen atoms in total. The van der Waals surface area contributed by atoms with Gasteiger partial charge in [0.1, 0.15) is 6.61 Å². The summed E-state index contributed by atoms with van der Waals surface area (Å²) in [6.45, 7) is 0.845. The van der Waals surface area contributed by atoms with E-state index in [0.717, 1.165) is 6.42 Å². The first-order valence-corrected chi connectivity index (χ1v) is 6.30. The van der Waals surface area contributed by atoms with Crippen molar-refractivity contribution in [2.45, 2.75) is 32.2 Å². The van der Waals surface area contributed by atoms with Gasteiger partial charge in [-0.1, -0.05) is 13.3 Å². The van der Waals surface area contributed by atoms with Crippen LogP contribution in [0.2, 0.25) is 0 Å². The molecule has 9 heteroatoms. The average molecular weight is 302 g/mol. The average Bonchev–Trinajstić information content (AvgIpc) is 2.45. The van der Waals surface area contributed by atoms with Crippen molar-refractivity contribution in [3.63, 3.8) is 0 Å². The van der Waals surface area contributed by atoms with Crippen LogP contribution in [0.1, 0.15) is 26.2 Å². The zero-order valence-electron chi connectivity index (χ0n) is 11.6. The van der Waals surface area contributed by atoms with E-state index in [1.54, 1.807) is 0 Å². The highest BCUT2D eigenvalue weighted by Gasteiger charge is 2.21. The van der Waals surface area contributed by atoms with Crippen molar-refractivity contribution in [3.8, 4) is 0 Å². The maximum atomic E-state index is 11.4. The standard InChI is InChI=1S/C12H18N2O7/c1-2-3-4-9(16)11(18)13-5-10(17)14-8(12(19)20)6-21-7-15/h7-8H,2-6H2,1H3,(H,13,18)(H,14,17)(H,19,20). The quantitative estimate of drug-likeness (QED) is 0.315. The molecule has 0 radical (unpaired) electrons. The van der Waals surface area contributed by atoms with Gasteiger partial charge in [0.25, 0.3) is 12.4 Å². The summed E-state index contributed by atoms with van der Waals surface area (Å²) < 4.78 is 4.25. The predicted molar refractivity (Wildman–Crippen MR) is 69.1 cm³/mol. The summed E-state index contributed by atoms with van der Waals surface area (Å²) in [7, 11) is 0. The van der Waals surface area contributed by atoms with Crippen LogP contribution in [0, 0.1) is 0 Å². The van der Waals surface area contributed by atoms with Gasteiger partial charge >= 0.3 is 5.97 Å². The number of ether oxygens (including phenoxy) is 1. The molecule has 21 heavy (non-hydrogen) atoms. The Labute approximate surface area is 121 Å². The van der Waals surface area contributed by atoms with E-state index in [-0.39, 0.29) is 12.9 Å². The van der Waals surface area contributed by atoms with Gasteiger partial charge in [-0.3, -0.25) is 19.2 Å². The zero-order valence-corrected chi connectivity index (χ0v) is 11.6. The molecule has 0 fully saturated rings. The molecule has 0 bridgehead atoms. The fourth-order valence-electron chi connectivity index (χ4n) is 1.27. The maximum Gasteiger partial charge on any atom is 0.329 e. The van der Waals surface area contributed by atoms with Gasteiger partial charge in [0, 0.05) is 6.42 Å². The zero-order chi connectivity index (χ0) is 16.3. The lowest BCUT2D eigenvalue weighted by molar-refractivity contribution is -0.145. The highest BCUT2D eigenvalue weighted by atomic mass is 16.5. The third kappa shape index (κ3) is 8.35. The van der Waals surface area contributed by atoms with E-state index >= 15 is 0 Å². The Morgan fingerprint density at radius 3 is 2.48 bits per heavy atom. The van der Waals surface area contributed by atoms with Gasteiger partial charge in [0.15, 0.2) is 6.04 Å². The van der Waals surface area contributed by atoms with Gasteiger partial charge in [-0.25, -0.2) is 4.79 Å². The molecule has 1 unspecified atom stereocenters. The molecule has 1 atom stereocenters. The molecule has 118 valence electrons. The Hall–Kier alpha value is -2.45. The van der Waals surface area contributed by atoms with Crippen LogP contribution in [-0.4, -0.2) is 54.3 Å². The van der Waals surface area contributed by atoms with E-state index in [2.05, 4.69) is 10.1 Å². The highest BCUT2D eigenvalue weighted by Crippen LogP contribution is 1.94. The Bertz CT molecular complexity index is 408. The summed E-state index contributed by atoms with van der Waals surface area (Å²) in [5.74, 6) is -3.73. The Morgan fingerprint density at radius 1 is 1.29 bits per heavy atom. The van der Waals surface area contributed by atoms with Crippen molar-refractivity contribution in [1.82, 2.24) is 10.6 Å². The summed E-state index contributed by atoms with van der Waals surface area (Å²) in [4.78, 5) is 54.7. The van der Waals surface area contributed by atoms with Crippen LogP contribution in [0.3, 0.4) is 0 Å². The fourth-order valence-corrected chi connectivity index (χ4v) is 1.27. The lowest BCUT2D eigenvalue weighted by Gasteiger charge is -2.13. The van der Waals surface area contributed by atoms with E-state index in [9.17, 15) is 24.0 Å². The van der Waals surface area contributed by atoms with Crippen LogP contribution < -0.4 is 10.6 Å². The van der Waals surface area contributed by atoms with Gasteiger partial charge in [0.2, 0.25) is 11.7 Å². The second-order valence-electron chi connectivity index (χ2n) is 4.10. The molecule has 3 N–H and O–H groups in total. The van der Waals surface area contributed by atoms with Crippen LogP contribution in [0.4, 0.5) is 0 Å². The molecule has 0 rings (SSSR count). The summed E-state index contributed by atoms with van der Waals surface area (Å²) >= 11 is 0. The predicted octanol–water partition coefficient (Wildman–Crippen LogP) is -1.40. The Balaban J connectivity index is 4.17. The molecule has 0 aromatic carbocycles. The van der Waals surface area contributed by atoms with Crippen LogP contribution in [0.15, 0.2) is 0 Å². The van der Waals surface area contributed by atoms with Gasteiger partial charge in [-0.15, -0.1) is 0 Å². The first-order chi connectivity index (χ1) is 9.92. The number of carbonyl (C=O) groups excluding carboxylic acids is 4. The van der Waals surface area contributed by atoms with Gasteiger partial charge in [0.05, 0.1) is 6.54 Å². The lowest BCUT2D eigenvalue weighted by Crippen LogP contribution is -2.48. The second-order valence-corrected chi connectivity index (χ2v) is 4.10. The molecular weight excluding hydrogens is 284 g/mol.